The van der Waals surface area contributed by atoms with Gasteiger partial charge in [-0.25, -0.2) is 4.79 Å². The largest absolute Gasteiger partial charge is 0.508 e. The van der Waals surface area contributed by atoms with Crippen LogP contribution in [0.25, 0.3) is 0 Å². The summed E-state index contributed by atoms with van der Waals surface area (Å²) in [5.74, 6) is 0. The molecule has 0 amide bonds. The van der Waals surface area contributed by atoms with Gasteiger partial charge in [0.25, 0.3) is 0 Å². The van der Waals surface area contributed by atoms with E-state index >= 15 is 0 Å². The Bertz CT molecular complexity index is 726. The Hall–Kier alpha value is -1.81. The Labute approximate surface area is 287 Å². The van der Waals surface area contributed by atoms with Crippen LogP contribution in [0, 0.1) is 0 Å². The number of hydrogen-bond acceptors (Lipinski definition) is 4. The standard InChI is InChI=1S/C42H77NO3/c1-4-6-8-10-12-14-16-18-20-22-24-26-28-30-32-34-36-38-41(46-42(44)45-40-39-43-3)37-35-33-31-29-27-25-23-21-19-17-15-13-11-9-7-5-2/h12-15,18-21,41,43H,4-11,16-17,22-40H2,1-3H3/b14-12-,15-13-,20-18-,21-19-. The lowest BCUT2D eigenvalue weighted by Crippen LogP contribution is -2.22. The maximum Gasteiger partial charge on any atom is 0.508 e. The number of carbonyl (C=O) groups excluding carboxylic acids is 1. The molecule has 0 rings (SSSR count). The molecule has 0 radical (unpaired) electrons. The number of unbranched alkanes of at least 4 members (excludes halogenated alkanes) is 19. The van der Waals surface area contributed by atoms with Crippen molar-refractivity contribution in [3.05, 3.63) is 48.6 Å². The highest BCUT2D eigenvalue weighted by Crippen LogP contribution is 2.18. The molecule has 4 heteroatoms. The quantitative estimate of drug-likeness (QED) is 0.0424. The third kappa shape index (κ3) is 36.7. The van der Waals surface area contributed by atoms with E-state index in [-0.39, 0.29) is 6.10 Å². The molecule has 0 fully saturated rings. The van der Waals surface area contributed by atoms with Gasteiger partial charge in [-0.1, -0.05) is 146 Å². The van der Waals surface area contributed by atoms with Crippen molar-refractivity contribution in [1.82, 2.24) is 5.32 Å². The van der Waals surface area contributed by atoms with Gasteiger partial charge in [0, 0.05) is 6.54 Å². The first-order valence-corrected chi connectivity index (χ1v) is 19.8. The van der Waals surface area contributed by atoms with Crippen LogP contribution in [0.4, 0.5) is 4.79 Å². The third-order valence-electron chi connectivity index (χ3n) is 8.54. The van der Waals surface area contributed by atoms with E-state index in [0.717, 1.165) is 38.5 Å². The molecule has 0 spiro atoms. The van der Waals surface area contributed by atoms with Crippen LogP contribution in [0.1, 0.15) is 187 Å². The average Bonchev–Trinajstić information content (AvgIpc) is 3.05. The third-order valence-corrected chi connectivity index (χ3v) is 8.54. The monoisotopic (exact) mass is 644 g/mol. The first-order chi connectivity index (χ1) is 22.7. The van der Waals surface area contributed by atoms with E-state index in [4.69, 9.17) is 9.47 Å². The second kappa shape index (κ2) is 39.4. The minimum absolute atomic E-state index is 0.00844. The molecule has 46 heavy (non-hydrogen) atoms. The molecule has 0 aromatic heterocycles. The number of likely N-dealkylation sites (N-methyl/N-ethyl adjacent to an activating group) is 1. The molecule has 0 heterocycles. The van der Waals surface area contributed by atoms with Crippen molar-refractivity contribution in [2.75, 3.05) is 20.2 Å². The second-order valence-corrected chi connectivity index (χ2v) is 13.0. The highest BCUT2D eigenvalue weighted by molar-refractivity contribution is 5.60. The van der Waals surface area contributed by atoms with Gasteiger partial charge in [-0.3, -0.25) is 0 Å². The van der Waals surface area contributed by atoms with Crippen molar-refractivity contribution in [3.63, 3.8) is 0 Å². The number of ether oxygens (including phenoxy) is 2. The molecule has 0 saturated heterocycles. The lowest BCUT2D eigenvalue weighted by Gasteiger charge is -2.18. The molecule has 4 nitrogen and oxygen atoms in total. The molecular weight excluding hydrogens is 566 g/mol. The number of hydrogen-bond donors (Lipinski definition) is 1. The number of nitrogens with one attached hydrogen (secondary N) is 1. The maximum absolute atomic E-state index is 12.2. The molecule has 1 atom stereocenters. The summed E-state index contributed by atoms with van der Waals surface area (Å²) in [4.78, 5) is 12.2. The van der Waals surface area contributed by atoms with E-state index in [2.05, 4.69) is 67.8 Å². The lowest BCUT2D eigenvalue weighted by atomic mass is 10.0. The van der Waals surface area contributed by atoms with Crippen LogP contribution in [-0.2, 0) is 9.47 Å². The van der Waals surface area contributed by atoms with Crippen molar-refractivity contribution in [3.8, 4) is 0 Å². The molecule has 0 saturated carbocycles. The lowest BCUT2D eigenvalue weighted by molar-refractivity contribution is 0.0170. The molecular formula is C42H77NO3. The Kier molecular flexibility index (Phi) is 37.8. The zero-order valence-electron chi connectivity index (χ0n) is 30.9. The van der Waals surface area contributed by atoms with Gasteiger partial charge in [-0.2, -0.15) is 0 Å². The van der Waals surface area contributed by atoms with Crippen LogP contribution in [0.2, 0.25) is 0 Å². The Balaban J connectivity index is 3.93. The van der Waals surface area contributed by atoms with Crippen LogP contribution in [0.5, 0.6) is 0 Å². The molecule has 0 aromatic rings. The zero-order valence-corrected chi connectivity index (χ0v) is 30.9. The molecule has 1 unspecified atom stereocenters. The van der Waals surface area contributed by atoms with Gasteiger partial charge in [0.2, 0.25) is 0 Å². The summed E-state index contributed by atoms with van der Waals surface area (Å²) in [6.45, 7) is 5.53. The minimum Gasteiger partial charge on any atom is -0.433 e. The van der Waals surface area contributed by atoms with Crippen molar-refractivity contribution in [1.29, 1.82) is 0 Å². The minimum atomic E-state index is -0.502. The predicted molar refractivity (Wildman–Crippen MR) is 203 cm³/mol. The van der Waals surface area contributed by atoms with Crippen LogP contribution < -0.4 is 5.32 Å². The number of allylic oxidation sites excluding steroid dienone is 8. The van der Waals surface area contributed by atoms with Gasteiger partial charge in [-0.05, 0) is 96.9 Å². The normalized spacial score (nSPS) is 12.8. The zero-order chi connectivity index (χ0) is 33.4. The van der Waals surface area contributed by atoms with E-state index in [1.807, 2.05) is 7.05 Å². The molecule has 0 aromatic carbocycles. The smallest absolute Gasteiger partial charge is 0.433 e. The van der Waals surface area contributed by atoms with Gasteiger partial charge >= 0.3 is 6.16 Å². The summed E-state index contributed by atoms with van der Waals surface area (Å²) in [5.41, 5.74) is 0. The molecule has 0 bridgehead atoms. The topological polar surface area (TPSA) is 47.6 Å². The van der Waals surface area contributed by atoms with Gasteiger partial charge in [0.15, 0.2) is 0 Å². The Morgan fingerprint density at radius 3 is 1.28 bits per heavy atom. The highest BCUT2D eigenvalue weighted by atomic mass is 16.7. The highest BCUT2D eigenvalue weighted by Gasteiger charge is 2.15. The predicted octanol–water partition coefficient (Wildman–Crippen LogP) is 13.5. The molecule has 0 aliphatic heterocycles. The van der Waals surface area contributed by atoms with Crippen molar-refractivity contribution < 1.29 is 14.3 Å². The molecule has 0 aliphatic rings. The van der Waals surface area contributed by atoms with E-state index in [1.165, 1.54) is 135 Å². The Morgan fingerprint density at radius 1 is 0.522 bits per heavy atom. The molecule has 1 N–H and O–H groups in total. The van der Waals surface area contributed by atoms with Crippen LogP contribution in [0.15, 0.2) is 48.6 Å². The van der Waals surface area contributed by atoms with E-state index < -0.39 is 6.16 Å². The molecule has 0 aliphatic carbocycles. The first-order valence-electron chi connectivity index (χ1n) is 19.8. The fraction of sp³-hybridized carbons (Fsp3) is 0.786. The average molecular weight is 644 g/mol. The first kappa shape index (κ1) is 44.2. The van der Waals surface area contributed by atoms with Crippen molar-refractivity contribution in [2.24, 2.45) is 0 Å². The SMILES string of the molecule is CCCCC/C=C\C/C=C\CCCCCCCCCC(CCCCCCCC/C=C\C/C=C\CCCCC)OC(=O)OCCNC. The fourth-order valence-electron chi connectivity index (χ4n) is 5.57. The molecule has 268 valence electrons. The number of rotatable bonds is 35. The Morgan fingerprint density at radius 2 is 0.891 bits per heavy atom. The van der Waals surface area contributed by atoms with Crippen LogP contribution >= 0.6 is 0 Å². The van der Waals surface area contributed by atoms with Crippen LogP contribution in [0.3, 0.4) is 0 Å². The fourth-order valence-corrected chi connectivity index (χ4v) is 5.57. The van der Waals surface area contributed by atoms with Crippen molar-refractivity contribution >= 4 is 6.16 Å². The maximum atomic E-state index is 12.2. The van der Waals surface area contributed by atoms with Crippen LogP contribution in [-0.4, -0.2) is 32.5 Å². The summed E-state index contributed by atoms with van der Waals surface area (Å²) in [6, 6.07) is 0. The van der Waals surface area contributed by atoms with Gasteiger partial charge in [-0.15, -0.1) is 0 Å². The van der Waals surface area contributed by atoms with E-state index in [9.17, 15) is 4.79 Å². The summed E-state index contributed by atoms with van der Waals surface area (Å²) >= 11 is 0. The van der Waals surface area contributed by atoms with E-state index in [0.29, 0.717) is 13.2 Å². The van der Waals surface area contributed by atoms with E-state index in [1.54, 1.807) is 0 Å². The summed E-state index contributed by atoms with van der Waals surface area (Å²) in [7, 11) is 1.86. The second-order valence-electron chi connectivity index (χ2n) is 13.0. The summed E-state index contributed by atoms with van der Waals surface area (Å²) < 4.78 is 11.0. The van der Waals surface area contributed by atoms with Gasteiger partial charge in [0.1, 0.15) is 12.7 Å². The number of carbonyl (C=O) groups is 1. The van der Waals surface area contributed by atoms with Gasteiger partial charge < -0.3 is 14.8 Å². The van der Waals surface area contributed by atoms with Crippen molar-refractivity contribution in [2.45, 2.75) is 193 Å². The summed E-state index contributed by atoms with van der Waals surface area (Å²) in [6.07, 6.45) is 51.4. The van der Waals surface area contributed by atoms with Gasteiger partial charge in [0.05, 0.1) is 0 Å². The summed E-state index contributed by atoms with van der Waals surface area (Å²) in [5, 5.41) is 3.00.